The number of aryl methyl sites for hydroxylation is 1. The van der Waals surface area contributed by atoms with Crippen LogP contribution in [0.15, 0.2) is 30.9 Å². The molecule has 0 saturated carbocycles. The Morgan fingerprint density at radius 1 is 1.35 bits per heavy atom. The topological polar surface area (TPSA) is 77.3 Å². The second-order valence-corrected chi connectivity index (χ2v) is 7.72. The van der Waals surface area contributed by atoms with Crippen molar-refractivity contribution in [3.63, 3.8) is 0 Å². The second-order valence-electron chi connectivity index (χ2n) is 5.79. The van der Waals surface area contributed by atoms with Gasteiger partial charge in [-0.25, -0.2) is 13.4 Å². The van der Waals surface area contributed by atoms with Crippen LogP contribution < -0.4 is 0 Å². The van der Waals surface area contributed by atoms with Crippen molar-refractivity contribution >= 4 is 10.0 Å². The number of nitrogens with zero attached hydrogens (tertiary/aromatic N) is 4. The number of sulfonamides is 1. The number of pyridine rings is 1. The van der Waals surface area contributed by atoms with Crippen LogP contribution in [-0.2, 0) is 41.4 Å². The number of rotatable bonds is 5. The zero-order chi connectivity index (χ0) is 16.4. The lowest BCUT2D eigenvalue weighted by molar-refractivity contribution is 0.0711. The molecule has 0 fully saturated rings. The van der Waals surface area contributed by atoms with Gasteiger partial charge in [0.1, 0.15) is 0 Å². The number of hydrogen-bond acceptors (Lipinski definition) is 5. The third-order valence-corrected chi connectivity index (χ3v) is 5.32. The molecule has 1 aliphatic rings. The van der Waals surface area contributed by atoms with Crippen LogP contribution in [0.1, 0.15) is 17.0 Å². The van der Waals surface area contributed by atoms with Gasteiger partial charge in [0.2, 0.25) is 10.0 Å². The first kappa shape index (κ1) is 16.1. The fourth-order valence-electron chi connectivity index (χ4n) is 2.82. The number of fused-ring (bicyclic) bond motifs is 1. The molecule has 0 aliphatic carbocycles. The minimum atomic E-state index is -3.31. The summed E-state index contributed by atoms with van der Waals surface area (Å²) in [4.78, 5) is 8.26. The molecule has 0 amide bonds. The summed E-state index contributed by atoms with van der Waals surface area (Å²) in [6.07, 6.45) is 6.99. The minimum absolute atomic E-state index is 0.213. The lowest BCUT2D eigenvalue weighted by atomic mass is 10.1. The van der Waals surface area contributed by atoms with Gasteiger partial charge in [0.05, 0.1) is 44.1 Å². The zero-order valence-corrected chi connectivity index (χ0v) is 14.0. The first-order valence-electron chi connectivity index (χ1n) is 7.37. The van der Waals surface area contributed by atoms with Gasteiger partial charge in [0.15, 0.2) is 0 Å². The first-order valence-corrected chi connectivity index (χ1v) is 9.22. The predicted octanol–water partition coefficient (Wildman–Crippen LogP) is 0.718. The Kier molecular flexibility index (Phi) is 4.47. The summed E-state index contributed by atoms with van der Waals surface area (Å²) in [5.74, 6) is 0. The van der Waals surface area contributed by atoms with Crippen LogP contribution >= 0.6 is 0 Å². The lowest BCUT2D eigenvalue weighted by Gasteiger charge is -2.33. The van der Waals surface area contributed by atoms with Crippen LogP contribution in [0.5, 0.6) is 0 Å². The van der Waals surface area contributed by atoms with E-state index in [4.69, 9.17) is 4.74 Å². The second kappa shape index (κ2) is 6.38. The molecule has 3 heterocycles. The zero-order valence-electron chi connectivity index (χ0n) is 13.2. The van der Waals surface area contributed by atoms with Gasteiger partial charge in [-0.05, 0) is 17.7 Å². The summed E-state index contributed by atoms with van der Waals surface area (Å²) >= 11 is 0. The predicted molar refractivity (Wildman–Crippen MR) is 85.0 cm³/mol. The van der Waals surface area contributed by atoms with Crippen LogP contribution in [0.4, 0.5) is 0 Å². The highest BCUT2D eigenvalue weighted by Gasteiger charge is 2.34. The highest BCUT2D eigenvalue weighted by Crippen LogP contribution is 2.24. The molecule has 8 heteroatoms. The van der Waals surface area contributed by atoms with Crippen molar-refractivity contribution < 1.29 is 13.2 Å². The average Bonchev–Trinajstić information content (AvgIpc) is 2.88. The molecule has 1 aliphatic heterocycles. The fourth-order valence-corrected chi connectivity index (χ4v) is 3.86. The van der Waals surface area contributed by atoms with E-state index in [0.29, 0.717) is 26.2 Å². The maximum atomic E-state index is 12.1. The molecule has 124 valence electrons. The van der Waals surface area contributed by atoms with Crippen LogP contribution in [0.3, 0.4) is 0 Å². The molecule has 0 radical (unpaired) electrons. The molecule has 0 aromatic carbocycles. The van der Waals surface area contributed by atoms with Crippen molar-refractivity contribution in [1.82, 2.24) is 18.8 Å². The van der Waals surface area contributed by atoms with Gasteiger partial charge in [-0.1, -0.05) is 0 Å². The van der Waals surface area contributed by atoms with Gasteiger partial charge in [0.25, 0.3) is 0 Å². The Labute approximate surface area is 136 Å². The Balaban J connectivity index is 1.72. The standard InChI is InChI=1S/C15H20N4O3S/c1-18-11-17-14-8-19(23(2,20)21)13(7-15(14)18)10-22-9-12-3-5-16-6-4-12/h3-6,11,13H,7-10H2,1-2H3/t13-/m0/s1. The smallest absolute Gasteiger partial charge is 0.211 e. The number of hydrogen-bond donors (Lipinski definition) is 0. The molecular weight excluding hydrogens is 316 g/mol. The van der Waals surface area contributed by atoms with Crippen molar-refractivity contribution in [2.45, 2.75) is 25.6 Å². The monoisotopic (exact) mass is 336 g/mol. The van der Waals surface area contributed by atoms with E-state index in [9.17, 15) is 8.42 Å². The van der Waals surface area contributed by atoms with E-state index in [-0.39, 0.29) is 6.04 Å². The molecule has 3 rings (SSSR count). The quantitative estimate of drug-likeness (QED) is 0.804. The third kappa shape index (κ3) is 3.60. The SMILES string of the molecule is Cn1cnc2c1C[C@@H](COCc1ccncc1)N(S(C)(=O)=O)C2. The van der Waals surface area contributed by atoms with E-state index in [0.717, 1.165) is 17.0 Å². The van der Waals surface area contributed by atoms with Gasteiger partial charge >= 0.3 is 0 Å². The Hall–Kier alpha value is -1.77. The Bertz CT molecular complexity index is 773. The summed E-state index contributed by atoms with van der Waals surface area (Å²) in [5.41, 5.74) is 2.91. The third-order valence-electron chi connectivity index (χ3n) is 4.04. The lowest BCUT2D eigenvalue weighted by Crippen LogP contribution is -2.46. The first-order chi connectivity index (χ1) is 10.9. The summed E-state index contributed by atoms with van der Waals surface area (Å²) in [6.45, 7) is 1.09. The van der Waals surface area contributed by atoms with E-state index >= 15 is 0 Å². The number of aromatic nitrogens is 3. The van der Waals surface area contributed by atoms with Gasteiger partial charge in [-0.15, -0.1) is 0 Å². The normalized spacial score (nSPS) is 18.8. The molecule has 0 spiro atoms. The van der Waals surface area contributed by atoms with Crippen molar-refractivity contribution in [2.75, 3.05) is 12.9 Å². The van der Waals surface area contributed by atoms with Crippen LogP contribution in [-0.4, -0.2) is 46.2 Å². The van der Waals surface area contributed by atoms with Gasteiger partial charge in [-0.2, -0.15) is 4.31 Å². The van der Waals surface area contributed by atoms with E-state index in [1.165, 1.54) is 10.6 Å². The molecule has 0 bridgehead atoms. The minimum Gasteiger partial charge on any atom is -0.375 e. The maximum Gasteiger partial charge on any atom is 0.211 e. The van der Waals surface area contributed by atoms with E-state index in [1.807, 2.05) is 23.7 Å². The van der Waals surface area contributed by atoms with Crippen molar-refractivity contribution in [2.24, 2.45) is 7.05 Å². The maximum absolute atomic E-state index is 12.1. The molecule has 2 aromatic rings. The van der Waals surface area contributed by atoms with Crippen molar-refractivity contribution in [1.29, 1.82) is 0 Å². The highest BCUT2D eigenvalue weighted by atomic mass is 32.2. The largest absolute Gasteiger partial charge is 0.375 e. The van der Waals surface area contributed by atoms with Crippen LogP contribution in [0, 0.1) is 0 Å². The Morgan fingerprint density at radius 2 is 2.09 bits per heavy atom. The van der Waals surface area contributed by atoms with Gasteiger partial charge in [0, 0.05) is 31.6 Å². The van der Waals surface area contributed by atoms with Gasteiger partial charge < -0.3 is 9.30 Å². The van der Waals surface area contributed by atoms with Crippen LogP contribution in [0.25, 0.3) is 0 Å². The molecule has 1 atom stereocenters. The Morgan fingerprint density at radius 3 is 2.78 bits per heavy atom. The average molecular weight is 336 g/mol. The molecule has 0 N–H and O–H groups in total. The van der Waals surface area contributed by atoms with E-state index in [2.05, 4.69) is 9.97 Å². The number of imidazole rings is 1. The highest BCUT2D eigenvalue weighted by molar-refractivity contribution is 7.88. The summed E-state index contributed by atoms with van der Waals surface area (Å²) < 4.78 is 33.3. The van der Waals surface area contributed by atoms with Crippen molar-refractivity contribution in [3.05, 3.63) is 47.8 Å². The molecule has 23 heavy (non-hydrogen) atoms. The number of ether oxygens (including phenoxy) is 1. The molecule has 0 saturated heterocycles. The van der Waals surface area contributed by atoms with Gasteiger partial charge in [-0.3, -0.25) is 4.98 Å². The summed E-state index contributed by atoms with van der Waals surface area (Å²) in [5, 5.41) is 0. The molecular formula is C15H20N4O3S. The van der Waals surface area contributed by atoms with E-state index < -0.39 is 10.0 Å². The molecule has 0 unspecified atom stereocenters. The fraction of sp³-hybridized carbons (Fsp3) is 0.467. The summed E-state index contributed by atoms with van der Waals surface area (Å²) in [7, 11) is -1.38. The van der Waals surface area contributed by atoms with Crippen molar-refractivity contribution in [3.8, 4) is 0 Å². The molecule has 7 nitrogen and oxygen atoms in total. The van der Waals surface area contributed by atoms with Crippen LogP contribution in [0.2, 0.25) is 0 Å². The summed E-state index contributed by atoms with van der Waals surface area (Å²) in [6, 6.07) is 3.55. The van der Waals surface area contributed by atoms with E-state index in [1.54, 1.807) is 18.7 Å². The molecule has 2 aromatic heterocycles.